The second-order valence-electron chi connectivity index (χ2n) is 7.55. The number of aromatic nitrogens is 1. The van der Waals surface area contributed by atoms with Crippen LogP contribution >= 0.6 is 0 Å². The summed E-state index contributed by atoms with van der Waals surface area (Å²) >= 11 is 0. The molecule has 0 aliphatic carbocycles. The van der Waals surface area contributed by atoms with Crippen LogP contribution in [0.5, 0.6) is 5.75 Å². The minimum atomic E-state index is -0.242. The van der Waals surface area contributed by atoms with Gasteiger partial charge in [0.1, 0.15) is 11.6 Å². The predicted molar refractivity (Wildman–Crippen MR) is 124 cm³/mol. The third kappa shape index (κ3) is 5.63. The maximum absolute atomic E-state index is 12.7. The van der Waals surface area contributed by atoms with E-state index < -0.39 is 0 Å². The van der Waals surface area contributed by atoms with Crippen LogP contribution in [0.25, 0.3) is 0 Å². The molecule has 164 valence electrons. The van der Waals surface area contributed by atoms with Gasteiger partial charge in [-0.15, -0.1) is 0 Å². The lowest BCUT2D eigenvalue weighted by molar-refractivity contribution is -0.118. The Labute approximate surface area is 187 Å². The molecule has 7 heteroatoms. The van der Waals surface area contributed by atoms with Gasteiger partial charge in [-0.3, -0.25) is 9.59 Å². The van der Waals surface area contributed by atoms with Crippen LogP contribution in [0.3, 0.4) is 0 Å². The summed E-state index contributed by atoms with van der Waals surface area (Å²) in [6.07, 6.45) is 2.52. The van der Waals surface area contributed by atoms with Gasteiger partial charge in [-0.05, 0) is 42.8 Å². The fourth-order valence-electron chi connectivity index (χ4n) is 3.62. The van der Waals surface area contributed by atoms with Crippen LogP contribution in [-0.4, -0.2) is 54.5 Å². The molecule has 0 spiro atoms. The van der Waals surface area contributed by atoms with Gasteiger partial charge in [0.25, 0.3) is 11.8 Å². The van der Waals surface area contributed by atoms with Gasteiger partial charge in [0.15, 0.2) is 6.61 Å². The number of para-hydroxylation sites is 1. The normalized spacial score (nSPS) is 13.9. The molecule has 2 heterocycles. The van der Waals surface area contributed by atoms with Gasteiger partial charge in [-0.2, -0.15) is 0 Å². The van der Waals surface area contributed by atoms with Crippen molar-refractivity contribution in [3.63, 3.8) is 0 Å². The highest BCUT2D eigenvalue weighted by Gasteiger charge is 2.20. The number of rotatable bonds is 6. The molecule has 0 atom stereocenters. The van der Waals surface area contributed by atoms with Crippen LogP contribution in [0.1, 0.15) is 16.8 Å². The van der Waals surface area contributed by atoms with Gasteiger partial charge in [-0.1, -0.05) is 36.4 Å². The minimum absolute atomic E-state index is 0.0659. The monoisotopic (exact) mass is 430 g/mol. The molecular formula is C25H26N4O3. The smallest absolute Gasteiger partial charge is 0.262 e. The second kappa shape index (κ2) is 10.4. The number of carbonyl (C=O) groups excluding carboxylic acids is 2. The average molecular weight is 431 g/mol. The molecule has 0 bridgehead atoms. The van der Waals surface area contributed by atoms with Crippen LogP contribution in [0.15, 0.2) is 79.0 Å². The summed E-state index contributed by atoms with van der Waals surface area (Å²) in [6.45, 7) is 2.83. The average Bonchev–Trinajstić information content (AvgIpc) is 3.10. The topological polar surface area (TPSA) is 74.8 Å². The first-order valence-electron chi connectivity index (χ1n) is 10.7. The molecular weight excluding hydrogens is 404 g/mol. The van der Waals surface area contributed by atoms with E-state index in [1.54, 1.807) is 18.3 Å². The van der Waals surface area contributed by atoms with Gasteiger partial charge in [0.2, 0.25) is 0 Å². The number of anilines is 2. The summed E-state index contributed by atoms with van der Waals surface area (Å²) in [4.78, 5) is 33.4. The second-order valence-corrected chi connectivity index (χ2v) is 7.55. The fourth-order valence-corrected chi connectivity index (χ4v) is 3.62. The van der Waals surface area contributed by atoms with Gasteiger partial charge >= 0.3 is 0 Å². The van der Waals surface area contributed by atoms with E-state index in [4.69, 9.17) is 4.74 Å². The van der Waals surface area contributed by atoms with Crippen molar-refractivity contribution in [2.75, 3.05) is 43.0 Å². The van der Waals surface area contributed by atoms with Crippen LogP contribution in [-0.2, 0) is 4.79 Å². The largest absolute Gasteiger partial charge is 0.484 e. The molecule has 2 aromatic carbocycles. The standard InChI is InChI=1S/C25H26N4O3/c30-24(19-32-22-10-5-2-6-11-22)27-21-12-13-23(26-18-21)28-14-7-15-29(17-16-28)25(31)20-8-3-1-4-9-20/h1-6,8-13,18H,7,14-17,19H2,(H,27,30). The van der Waals surface area contributed by atoms with Crippen molar-refractivity contribution < 1.29 is 14.3 Å². The molecule has 1 aliphatic rings. The molecule has 1 aliphatic heterocycles. The molecule has 3 aromatic rings. The van der Waals surface area contributed by atoms with E-state index in [0.29, 0.717) is 24.5 Å². The number of benzene rings is 2. The third-order valence-corrected chi connectivity index (χ3v) is 5.27. The van der Waals surface area contributed by atoms with Gasteiger partial charge < -0.3 is 19.9 Å². The summed E-state index contributed by atoms with van der Waals surface area (Å²) in [5.74, 6) is 1.30. The van der Waals surface area contributed by atoms with E-state index in [9.17, 15) is 9.59 Å². The quantitative estimate of drug-likeness (QED) is 0.648. The molecule has 1 aromatic heterocycles. The van der Waals surface area contributed by atoms with Gasteiger partial charge in [-0.25, -0.2) is 4.98 Å². The Hall–Kier alpha value is -3.87. The highest BCUT2D eigenvalue weighted by molar-refractivity contribution is 5.94. The molecule has 4 rings (SSSR count). The van der Waals surface area contributed by atoms with Crippen molar-refractivity contribution in [3.05, 3.63) is 84.6 Å². The number of amides is 2. The summed E-state index contributed by atoms with van der Waals surface area (Å²) in [7, 11) is 0. The summed E-state index contributed by atoms with van der Waals surface area (Å²) in [5.41, 5.74) is 1.33. The summed E-state index contributed by atoms with van der Waals surface area (Å²) in [6, 6.07) is 22.3. The Morgan fingerprint density at radius 3 is 2.34 bits per heavy atom. The van der Waals surface area contributed by atoms with Gasteiger partial charge in [0, 0.05) is 31.7 Å². The first-order chi connectivity index (χ1) is 15.7. The molecule has 0 saturated carbocycles. The molecule has 2 amide bonds. The lowest BCUT2D eigenvalue weighted by atomic mass is 10.2. The van der Waals surface area contributed by atoms with Crippen LogP contribution in [0.4, 0.5) is 11.5 Å². The Morgan fingerprint density at radius 2 is 1.62 bits per heavy atom. The number of ether oxygens (including phenoxy) is 1. The third-order valence-electron chi connectivity index (χ3n) is 5.27. The van der Waals surface area contributed by atoms with E-state index in [0.717, 1.165) is 30.9 Å². The number of hydrogen-bond acceptors (Lipinski definition) is 5. The minimum Gasteiger partial charge on any atom is -0.484 e. The maximum atomic E-state index is 12.7. The van der Waals surface area contributed by atoms with Crippen molar-refractivity contribution in [2.45, 2.75) is 6.42 Å². The lowest BCUT2D eigenvalue weighted by Crippen LogP contribution is -2.35. The fraction of sp³-hybridized carbons (Fsp3) is 0.240. The number of hydrogen-bond donors (Lipinski definition) is 1. The lowest BCUT2D eigenvalue weighted by Gasteiger charge is -2.23. The first kappa shape index (κ1) is 21.4. The molecule has 0 radical (unpaired) electrons. The van der Waals surface area contributed by atoms with Crippen LogP contribution in [0.2, 0.25) is 0 Å². The zero-order valence-electron chi connectivity index (χ0n) is 17.8. The zero-order chi connectivity index (χ0) is 22.2. The highest BCUT2D eigenvalue weighted by atomic mass is 16.5. The van der Waals surface area contributed by atoms with Crippen molar-refractivity contribution in [1.82, 2.24) is 9.88 Å². The van der Waals surface area contributed by atoms with E-state index in [-0.39, 0.29) is 18.4 Å². The van der Waals surface area contributed by atoms with E-state index in [1.807, 2.05) is 65.6 Å². The Morgan fingerprint density at radius 1 is 0.875 bits per heavy atom. The first-order valence-corrected chi connectivity index (χ1v) is 10.7. The Kier molecular flexibility index (Phi) is 6.97. The van der Waals surface area contributed by atoms with E-state index >= 15 is 0 Å². The summed E-state index contributed by atoms with van der Waals surface area (Å²) in [5, 5.41) is 2.80. The number of carbonyl (C=O) groups is 2. The number of nitrogens with one attached hydrogen (secondary N) is 1. The molecule has 1 saturated heterocycles. The molecule has 32 heavy (non-hydrogen) atoms. The molecule has 7 nitrogen and oxygen atoms in total. The molecule has 0 unspecified atom stereocenters. The van der Waals surface area contributed by atoms with Crippen LogP contribution in [0, 0.1) is 0 Å². The van der Waals surface area contributed by atoms with Crippen LogP contribution < -0.4 is 15.0 Å². The van der Waals surface area contributed by atoms with Crippen molar-refractivity contribution in [1.29, 1.82) is 0 Å². The Bertz CT molecular complexity index is 1030. The molecule has 1 N–H and O–H groups in total. The van der Waals surface area contributed by atoms with Crippen molar-refractivity contribution in [3.8, 4) is 5.75 Å². The van der Waals surface area contributed by atoms with E-state index in [1.165, 1.54) is 0 Å². The Balaban J connectivity index is 1.29. The SMILES string of the molecule is O=C(COc1ccccc1)Nc1ccc(N2CCCN(C(=O)c3ccccc3)CC2)nc1. The van der Waals surface area contributed by atoms with Crippen molar-refractivity contribution >= 4 is 23.3 Å². The van der Waals surface area contributed by atoms with Crippen molar-refractivity contribution in [2.24, 2.45) is 0 Å². The summed E-state index contributed by atoms with van der Waals surface area (Å²) < 4.78 is 5.46. The number of pyridine rings is 1. The zero-order valence-corrected chi connectivity index (χ0v) is 17.8. The molecule has 1 fully saturated rings. The van der Waals surface area contributed by atoms with Gasteiger partial charge in [0.05, 0.1) is 11.9 Å². The van der Waals surface area contributed by atoms with E-state index in [2.05, 4.69) is 15.2 Å². The highest BCUT2D eigenvalue weighted by Crippen LogP contribution is 2.17. The predicted octanol–water partition coefficient (Wildman–Crippen LogP) is 3.45. The maximum Gasteiger partial charge on any atom is 0.262 e. The number of nitrogens with zero attached hydrogens (tertiary/aromatic N) is 3.